The molecule has 0 spiro atoms. The number of benzene rings is 1. The van der Waals surface area contributed by atoms with Gasteiger partial charge in [-0.2, -0.15) is 5.10 Å². The minimum atomic E-state index is -0.122. The molecule has 3 rings (SSSR count). The number of amides is 1. The number of nitrogens with zero attached hydrogens (tertiary/aromatic N) is 2. The highest BCUT2D eigenvalue weighted by molar-refractivity contribution is 6.34. The molecule has 0 saturated heterocycles. The number of aromatic hydroxyl groups is 1. The van der Waals surface area contributed by atoms with Crippen molar-refractivity contribution in [2.75, 3.05) is 5.32 Å². The lowest BCUT2D eigenvalue weighted by Gasteiger charge is -2.06. The SMILES string of the molecule is Cc1nn(C)c(NC(=O)CC2=CCC#CC=C2)c1Cl.Oc1ccc(Cl)cc1. The number of rotatable bonds is 3. The summed E-state index contributed by atoms with van der Waals surface area (Å²) in [5, 5.41) is 16.7. The number of aromatic nitrogens is 2. The molecule has 0 atom stereocenters. The molecule has 0 bridgehead atoms. The maximum Gasteiger partial charge on any atom is 0.229 e. The average Bonchev–Trinajstić information content (AvgIpc) is 2.82. The Bertz CT molecular complexity index is 912. The van der Waals surface area contributed by atoms with E-state index in [1.807, 2.05) is 12.2 Å². The number of carbonyl (C=O) groups excluding carboxylic acids is 1. The number of carbonyl (C=O) groups is 1. The predicted octanol–water partition coefficient (Wildman–Crippen LogP) is 4.65. The van der Waals surface area contributed by atoms with Crippen molar-refractivity contribution in [1.82, 2.24) is 9.78 Å². The Labute approximate surface area is 168 Å². The van der Waals surface area contributed by atoms with Crippen LogP contribution in [-0.2, 0) is 11.8 Å². The van der Waals surface area contributed by atoms with Gasteiger partial charge < -0.3 is 10.4 Å². The van der Waals surface area contributed by atoms with Crippen LogP contribution in [0.1, 0.15) is 18.5 Å². The third-order valence-corrected chi connectivity index (χ3v) is 4.25. The Morgan fingerprint density at radius 3 is 2.63 bits per heavy atom. The number of aryl methyl sites for hydroxylation is 2. The molecule has 1 heterocycles. The first-order valence-corrected chi connectivity index (χ1v) is 8.90. The molecule has 0 fully saturated rings. The number of anilines is 1. The van der Waals surface area contributed by atoms with Crippen molar-refractivity contribution in [3.05, 3.63) is 63.8 Å². The molecule has 2 N–H and O–H groups in total. The van der Waals surface area contributed by atoms with Gasteiger partial charge in [-0.25, -0.2) is 0 Å². The molecule has 0 aliphatic heterocycles. The number of nitrogens with one attached hydrogen (secondary N) is 1. The summed E-state index contributed by atoms with van der Waals surface area (Å²) in [6.45, 7) is 1.80. The maximum atomic E-state index is 12.0. The Balaban J connectivity index is 0.000000273. The molecule has 1 aromatic carbocycles. The van der Waals surface area contributed by atoms with Gasteiger partial charge in [0.15, 0.2) is 0 Å². The largest absolute Gasteiger partial charge is 0.508 e. The van der Waals surface area contributed by atoms with E-state index in [2.05, 4.69) is 22.3 Å². The number of phenols is 1. The summed E-state index contributed by atoms with van der Waals surface area (Å²) in [5.74, 6) is 6.46. The molecular formula is C20H19Cl2N3O2. The number of hydrogen-bond acceptors (Lipinski definition) is 3. The summed E-state index contributed by atoms with van der Waals surface area (Å²) in [7, 11) is 1.74. The van der Waals surface area contributed by atoms with Crippen LogP contribution >= 0.6 is 23.2 Å². The number of phenolic OH excluding ortho intramolecular Hbond substituents is 1. The van der Waals surface area contributed by atoms with Crippen LogP contribution in [0.2, 0.25) is 10.0 Å². The van der Waals surface area contributed by atoms with Crippen molar-refractivity contribution in [1.29, 1.82) is 0 Å². The Hall–Kier alpha value is -2.68. The van der Waals surface area contributed by atoms with Crippen LogP contribution in [0.15, 0.2) is 48.1 Å². The number of hydrogen-bond donors (Lipinski definition) is 2. The van der Waals surface area contributed by atoms with Crippen molar-refractivity contribution in [2.45, 2.75) is 19.8 Å². The maximum absolute atomic E-state index is 12.0. The Kier molecular flexibility index (Phi) is 7.54. The predicted molar refractivity (Wildman–Crippen MR) is 109 cm³/mol. The van der Waals surface area contributed by atoms with E-state index in [0.29, 0.717) is 34.4 Å². The van der Waals surface area contributed by atoms with Crippen LogP contribution in [0.4, 0.5) is 5.82 Å². The number of allylic oxidation sites excluding steroid dienone is 3. The molecule has 2 aromatic rings. The average molecular weight is 404 g/mol. The third-order valence-electron chi connectivity index (χ3n) is 3.55. The lowest BCUT2D eigenvalue weighted by Crippen LogP contribution is -2.14. The molecule has 0 saturated carbocycles. The van der Waals surface area contributed by atoms with E-state index in [1.165, 1.54) is 0 Å². The summed E-state index contributed by atoms with van der Waals surface area (Å²) in [5.41, 5.74) is 1.63. The molecule has 7 heteroatoms. The minimum Gasteiger partial charge on any atom is -0.508 e. The van der Waals surface area contributed by atoms with Crippen LogP contribution in [0.3, 0.4) is 0 Å². The molecule has 1 aliphatic rings. The van der Waals surface area contributed by atoms with Crippen LogP contribution in [0.25, 0.3) is 0 Å². The highest BCUT2D eigenvalue weighted by atomic mass is 35.5. The minimum absolute atomic E-state index is 0.122. The highest BCUT2D eigenvalue weighted by Crippen LogP contribution is 2.24. The summed E-state index contributed by atoms with van der Waals surface area (Å²) in [6.07, 6.45) is 6.52. The Morgan fingerprint density at radius 1 is 1.33 bits per heavy atom. The van der Waals surface area contributed by atoms with Crippen molar-refractivity contribution in [3.63, 3.8) is 0 Å². The van der Waals surface area contributed by atoms with Crippen molar-refractivity contribution >= 4 is 34.9 Å². The van der Waals surface area contributed by atoms with Crippen LogP contribution < -0.4 is 5.32 Å². The van der Waals surface area contributed by atoms with E-state index >= 15 is 0 Å². The standard InChI is InChI=1S/C14H14ClN3O.C6H5ClO/c1-10-13(15)14(18(2)17-10)16-12(19)9-11-7-5-3-4-6-8-11;7-5-1-3-6(8)4-2-5/h5,7-8H,6,9H2,1-2H3,(H,16,19);1-4,8H. The second-order valence-corrected chi connectivity index (χ2v) is 6.52. The smallest absolute Gasteiger partial charge is 0.229 e. The van der Waals surface area contributed by atoms with Gasteiger partial charge in [-0.3, -0.25) is 9.48 Å². The molecule has 27 heavy (non-hydrogen) atoms. The molecular weight excluding hydrogens is 385 g/mol. The van der Waals surface area contributed by atoms with Gasteiger partial charge in [0.05, 0.1) is 12.1 Å². The van der Waals surface area contributed by atoms with E-state index in [9.17, 15) is 4.79 Å². The molecule has 1 amide bonds. The fourth-order valence-corrected chi connectivity index (χ4v) is 2.55. The van der Waals surface area contributed by atoms with Crippen molar-refractivity contribution < 1.29 is 9.90 Å². The summed E-state index contributed by atoms with van der Waals surface area (Å²) in [4.78, 5) is 12.0. The normalized spacial score (nSPS) is 12.1. The zero-order chi connectivity index (χ0) is 19.8. The van der Waals surface area contributed by atoms with E-state index in [0.717, 1.165) is 5.57 Å². The van der Waals surface area contributed by atoms with Gasteiger partial charge in [0, 0.05) is 18.5 Å². The summed E-state index contributed by atoms with van der Waals surface area (Å²) in [6, 6.07) is 6.36. The molecule has 140 valence electrons. The summed E-state index contributed by atoms with van der Waals surface area (Å²) >= 11 is 11.6. The molecule has 5 nitrogen and oxygen atoms in total. The van der Waals surface area contributed by atoms with Crippen LogP contribution in [-0.4, -0.2) is 20.8 Å². The van der Waals surface area contributed by atoms with Gasteiger partial charge in [-0.1, -0.05) is 47.2 Å². The van der Waals surface area contributed by atoms with Gasteiger partial charge in [0.1, 0.15) is 16.6 Å². The van der Waals surface area contributed by atoms with E-state index in [1.54, 1.807) is 49.0 Å². The second-order valence-electron chi connectivity index (χ2n) is 5.71. The molecule has 1 aromatic heterocycles. The second kappa shape index (κ2) is 9.86. The van der Waals surface area contributed by atoms with Crippen molar-refractivity contribution in [3.8, 4) is 17.6 Å². The Morgan fingerprint density at radius 2 is 2.04 bits per heavy atom. The van der Waals surface area contributed by atoms with Crippen LogP contribution in [0, 0.1) is 18.8 Å². The molecule has 0 unspecified atom stereocenters. The fourth-order valence-electron chi connectivity index (χ4n) is 2.22. The van der Waals surface area contributed by atoms with Gasteiger partial charge in [-0.05, 0) is 42.8 Å². The van der Waals surface area contributed by atoms with Crippen molar-refractivity contribution in [2.24, 2.45) is 7.05 Å². The van der Waals surface area contributed by atoms with E-state index < -0.39 is 0 Å². The lowest BCUT2D eigenvalue weighted by atomic mass is 10.1. The van der Waals surface area contributed by atoms with E-state index in [4.69, 9.17) is 28.3 Å². The third kappa shape index (κ3) is 6.52. The molecule has 0 radical (unpaired) electrons. The zero-order valence-corrected chi connectivity index (χ0v) is 16.5. The first-order chi connectivity index (χ1) is 12.9. The monoisotopic (exact) mass is 403 g/mol. The lowest BCUT2D eigenvalue weighted by molar-refractivity contribution is -0.115. The van der Waals surface area contributed by atoms with Gasteiger partial charge in [-0.15, -0.1) is 0 Å². The topological polar surface area (TPSA) is 67.2 Å². The highest BCUT2D eigenvalue weighted by Gasteiger charge is 2.14. The van der Waals surface area contributed by atoms with Crippen LogP contribution in [0.5, 0.6) is 5.75 Å². The first kappa shape index (κ1) is 20.6. The van der Waals surface area contributed by atoms with Gasteiger partial charge in [0.2, 0.25) is 5.91 Å². The fraction of sp³-hybridized carbons (Fsp3) is 0.200. The van der Waals surface area contributed by atoms with E-state index in [-0.39, 0.29) is 11.7 Å². The first-order valence-electron chi connectivity index (χ1n) is 8.14. The van der Waals surface area contributed by atoms with Gasteiger partial charge in [0.25, 0.3) is 0 Å². The molecule has 1 aliphatic carbocycles. The summed E-state index contributed by atoms with van der Waals surface area (Å²) < 4.78 is 1.57. The number of halogens is 2. The zero-order valence-electron chi connectivity index (χ0n) is 15.0. The quantitative estimate of drug-likeness (QED) is 0.733. The van der Waals surface area contributed by atoms with Gasteiger partial charge >= 0.3 is 0 Å².